The van der Waals surface area contributed by atoms with Gasteiger partial charge in [-0.2, -0.15) is 0 Å². The summed E-state index contributed by atoms with van der Waals surface area (Å²) in [5.74, 6) is 0.946. The summed E-state index contributed by atoms with van der Waals surface area (Å²) >= 11 is 3.39. The van der Waals surface area contributed by atoms with Gasteiger partial charge in [0.05, 0.1) is 0 Å². The number of amides is 1. The number of ether oxygens (including phenoxy) is 1. The molecule has 0 radical (unpaired) electrons. The molecular formula is C19H22BrNO2. The first-order chi connectivity index (χ1) is 10.9. The zero-order valence-corrected chi connectivity index (χ0v) is 15.5. The minimum Gasteiger partial charge on any atom is -0.481 e. The first kappa shape index (κ1) is 17.5. The van der Waals surface area contributed by atoms with E-state index >= 15 is 0 Å². The zero-order valence-electron chi connectivity index (χ0n) is 13.9. The number of nitrogens with one attached hydrogen (secondary N) is 1. The first-order valence-corrected chi connectivity index (χ1v) is 8.49. The molecule has 2 aromatic rings. The van der Waals surface area contributed by atoms with Crippen molar-refractivity contribution >= 4 is 27.5 Å². The molecule has 0 saturated heterocycles. The van der Waals surface area contributed by atoms with E-state index in [2.05, 4.69) is 47.2 Å². The van der Waals surface area contributed by atoms with Gasteiger partial charge in [0.15, 0.2) is 6.10 Å². The molecule has 0 fully saturated rings. The summed E-state index contributed by atoms with van der Waals surface area (Å²) in [7, 11) is 0. The third kappa shape index (κ3) is 4.83. The maximum absolute atomic E-state index is 12.3. The number of carbonyl (C=O) groups excluding carboxylic acids is 1. The molecule has 0 bridgehead atoms. The lowest BCUT2D eigenvalue weighted by molar-refractivity contribution is -0.122. The monoisotopic (exact) mass is 375 g/mol. The van der Waals surface area contributed by atoms with Gasteiger partial charge in [-0.3, -0.25) is 4.79 Å². The van der Waals surface area contributed by atoms with Crippen LogP contribution in [0.4, 0.5) is 5.69 Å². The van der Waals surface area contributed by atoms with E-state index in [4.69, 9.17) is 4.74 Å². The summed E-state index contributed by atoms with van der Waals surface area (Å²) in [5.41, 5.74) is 2.97. The minimum absolute atomic E-state index is 0.167. The van der Waals surface area contributed by atoms with Crippen molar-refractivity contribution in [3.63, 3.8) is 0 Å². The van der Waals surface area contributed by atoms with E-state index in [0.717, 1.165) is 27.0 Å². The van der Waals surface area contributed by atoms with Crippen LogP contribution in [0.15, 0.2) is 46.9 Å². The van der Waals surface area contributed by atoms with E-state index in [1.54, 1.807) is 6.92 Å². The molecule has 0 spiro atoms. The average molecular weight is 376 g/mol. The Labute approximate surface area is 146 Å². The fourth-order valence-electron chi connectivity index (χ4n) is 2.27. The van der Waals surface area contributed by atoms with Crippen molar-refractivity contribution in [1.82, 2.24) is 0 Å². The Morgan fingerprint density at radius 2 is 1.87 bits per heavy atom. The first-order valence-electron chi connectivity index (χ1n) is 7.70. The van der Waals surface area contributed by atoms with Crippen LogP contribution in [0.1, 0.15) is 37.8 Å². The summed E-state index contributed by atoms with van der Waals surface area (Å²) < 4.78 is 6.85. The summed E-state index contributed by atoms with van der Waals surface area (Å²) in [6.07, 6.45) is -0.576. The number of hydrogen-bond donors (Lipinski definition) is 1. The molecule has 2 rings (SSSR count). The second-order valence-corrected chi connectivity index (χ2v) is 6.87. The normalized spacial score (nSPS) is 12.1. The van der Waals surface area contributed by atoms with Gasteiger partial charge in [0, 0.05) is 10.2 Å². The fraction of sp³-hybridized carbons (Fsp3) is 0.316. The largest absolute Gasteiger partial charge is 0.481 e. The van der Waals surface area contributed by atoms with Crippen LogP contribution in [0, 0.1) is 6.92 Å². The molecule has 0 heterocycles. The molecule has 2 aromatic carbocycles. The standard InChI is InChI=1S/C19H22BrNO2/c1-12(2)17-9-8-13(3)10-18(17)23-14(4)19(22)21-16-7-5-6-15(20)11-16/h5-12,14H,1-4H3,(H,21,22)/t14-/m1/s1. The van der Waals surface area contributed by atoms with Gasteiger partial charge >= 0.3 is 0 Å². The van der Waals surface area contributed by atoms with Gasteiger partial charge in [0.25, 0.3) is 5.91 Å². The molecular weight excluding hydrogens is 354 g/mol. The van der Waals surface area contributed by atoms with E-state index in [9.17, 15) is 4.79 Å². The minimum atomic E-state index is -0.576. The SMILES string of the molecule is Cc1ccc(C(C)C)c(O[C@H](C)C(=O)Nc2cccc(Br)c2)c1. The van der Waals surface area contributed by atoms with Gasteiger partial charge in [-0.1, -0.05) is 48.0 Å². The third-order valence-corrected chi connectivity index (χ3v) is 4.05. The van der Waals surface area contributed by atoms with Crippen LogP contribution in [0.25, 0.3) is 0 Å². The quantitative estimate of drug-likeness (QED) is 0.770. The van der Waals surface area contributed by atoms with Gasteiger partial charge in [0.1, 0.15) is 5.75 Å². The Morgan fingerprint density at radius 1 is 1.13 bits per heavy atom. The number of carbonyl (C=O) groups is 1. The summed E-state index contributed by atoms with van der Waals surface area (Å²) in [6, 6.07) is 13.6. The Bertz CT molecular complexity index is 698. The van der Waals surface area contributed by atoms with Gasteiger partial charge in [-0.25, -0.2) is 0 Å². The molecule has 0 aliphatic carbocycles. The third-order valence-electron chi connectivity index (χ3n) is 3.56. The molecule has 1 atom stereocenters. The fourth-order valence-corrected chi connectivity index (χ4v) is 2.67. The smallest absolute Gasteiger partial charge is 0.265 e. The highest BCUT2D eigenvalue weighted by molar-refractivity contribution is 9.10. The highest BCUT2D eigenvalue weighted by atomic mass is 79.9. The average Bonchev–Trinajstić information content (AvgIpc) is 2.46. The molecule has 122 valence electrons. The van der Waals surface area contributed by atoms with E-state index in [1.807, 2.05) is 37.3 Å². The molecule has 0 aliphatic rings. The Hall–Kier alpha value is -1.81. The van der Waals surface area contributed by atoms with Gasteiger partial charge in [0.2, 0.25) is 0 Å². The molecule has 1 amide bonds. The lowest BCUT2D eigenvalue weighted by atomic mass is 10.0. The molecule has 23 heavy (non-hydrogen) atoms. The predicted molar refractivity (Wildman–Crippen MR) is 98.1 cm³/mol. The zero-order chi connectivity index (χ0) is 17.0. The van der Waals surface area contributed by atoms with Crippen LogP contribution < -0.4 is 10.1 Å². The van der Waals surface area contributed by atoms with Gasteiger partial charge < -0.3 is 10.1 Å². The van der Waals surface area contributed by atoms with Crippen LogP contribution in [0.2, 0.25) is 0 Å². The Morgan fingerprint density at radius 3 is 2.52 bits per heavy atom. The lowest BCUT2D eigenvalue weighted by Crippen LogP contribution is -2.30. The van der Waals surface area contributed by atoms with E-state index in [1.165, 1.54) is 0 Å². The van der Waals surface area contributed by atoms with Gasteiger partial charge in [-0.15, -0.1) is 0 Å². The Kier molecular flexibility index (Phi) is 5.83. The van der Waals surface area contributed by atoms with Crippen LogP contribution in [0.3, 0.4) is 0 Å². The van der Waals surface area contributed by atoms with Crippen molar-refractivity contribution in [3.8, 4) is 5.75 Å². The van der Waals surface area contributed by atoms with Gasteiger partial charge in [-0.05, 0) is 55.2 Å². The number of anilines is 1. The van der Waals surface area contributed by atoms with E-state index < -0.39 is 6.10 Å². The van der Waals surface area contributed by atoms with Crippen LogP contribution >= 0.6 is 15.9 Å². The molecule has 0 aromatic heterocycles. The second-order valence-electron chi connectivity index (χ2n) is 5.96. The van der Waals surface area contributed by atoms with Crippen molar-refractivity contribution in [2.24, 2.45) is 0 Å². The summed E-state index contributed by atoms with van der Waals surface area (Å²) in [5, 5.41) is 2.87. The van der Waals surface area contributed by atoms with Crippen molar-refractivity contribution in [1.29, 1.82) is 0 Å². The van der Waals surface area contributed by atoms with E-state index in [-0.39, 0.29) is 5.91 Å². The molecule has 0 unspecified atom stereocenters. The van der Waals surface area contributed by atoms with Crippen molar-refractivity contribution in [2.75, 3.05) is 5.32 Å². The maximum atomic E-state index is 12.3. The molecule has 0 aliphatic heterocycles. The predicted octanol–water partition coefficient (Wildman–Crippen LogP) is 5.29. The summed E-state index contributed by atoms with van der Waals surface area (Å²) in [4.78, 5) is 12.3. The number of benzene rings is 2. The van der Waals surface area contributed by atoms with Crippen LogP contribution in [0.5, 0.6) is 5.75 Å². The second kappa shape index (κ2) is 7.64. The highest BCUT2D eigenvalue weighted by Crippen LogP contribution is 2.28. The molecule has 4 heteroatoms. The summed E-state index contributed by atoms with van der Waals surface area (Å²) in [6.45, 7) is 8.01. The lowest BCUT2D eigenvalue weighted by Gasteiger charge is -2.19. The Balaban J connectivity index is 2.11. The van der Waals surface area contributed by atoms with Crippen molar-refractivity contribution < 1.29 is 9.53 Å². The number of halogens is 1. The van der Waals surface area contributed by atoms with Crippen LogP contribution in [-0.2, 0) is 4.79 Å². The molecule has 0 saturated carbocycles. The number of rotatable bonds is 5. The van der Waals surface area contributed by atoms with Crippen LogP contribution in [-0.4, -0.2) is 12.0 Å². The highest BCUT2D eigenvalue weighted by Gasteiger charge is 2.17. The topological polar surface area (TPSA) is 38.3 Å². The number of aryl methyl sites for hydroxylation is 1. The number of hydrogen-bond acceptors (Lipinski definition) is 2. The van der Waals surface area contributed by atoms with Crippen molar-refractivity contribution in [3.05, 3.63) is 58.1 Å². The van der Waals surface area contributed by atoms with Crippen molar-refractivity contribution in [2.45, 2.75) is 39.7 Å². The maximum Gasteiger partial charge on any atom is 0.265 e. The van der Waals surface area contributed by atoms with E-state index in [0.29, 0.717) is 5.92 Å². The molecule has 1 N–H and O–H groups in total. The molecule has 3 nitrogen and oxygen atoms in total.